The standard InChI is InChI=1S/C27H37NO4/c1-3-4-5-6-7-8-9-10-11-12-19-32-25-18-17-24(20-21(25)2)28-26(29)22-13-15-23(16-14-22)27(30)31/h13-18,20H,3-12,19H2,1-2H3,(H,28,29)(H,30,31). The molecule has 2 aromatic carbocycles. The number of rotatable bonds is 15. The third-order valence-corrected chi connectivity index (χ3v) is 5.58. The van der Waals surface area contributed by atoms with Crippen molar-refractivity contribution in [2.24, 2.45) is 0 Å². The third kappa shape index (κ3) is 9.13. The van der Waals surface area contributed by atoms with E-state index in [4.69, 9.17) is 9.84 Å². The Hall–Kier alpha value is -2.82. The van der Waals surface area contributed by atoms with E-state index in [1.54, 1.807) is 0 Å². The van der Waals surface area contributed by atoms with Crippen LogP contribution in [0.4, 0.5) is 5.69 Å². The van der Waals surface area contributed by atoms with E-state index in [1.807, 2.05) is 25.1 Å². The van der Waals surface area contributed by atoms with Crippen LogP contribution in [-0.4, -0.2) is 23.6 Å². The lowest BCUT2D eigenvalue weighted by atomic mass is 10.1. The summed E-state index contributed by atoms with van der Waals surface area (Å²) in [6, 6.07) is 11.5. The second-order valence-corrected chi connectivity index (χ2v) is 8.35. The van der Waals surface area contributed by atoms with Crippen LogP contribution in [0.5, 0.6) is 5.75 Å². The first-order valence-corrected chi connectivity index (χ1v) is 11.9. The summed E-state index contributed by atoms with van der Waals surface area (Å²) in [7, 11) is 0. The molecule has 0 saturated heterocycles. The quantitative estimate of drug-likeness (QED) is 0.287. The van der Waals surface area contributed by atoms with Crippen LogP contribution in [0.3, 0.4) is 0 Å². The fourth-order valence-electron chi connectivity index (χ4n) is 3.63. The molecule has 0 heterocycles. The Morgan fingerprint density at radius 1 is 0.812 bits per heavy atom. The summed E-state index contributed by atoms with van der Waals surface area (Å²) < 4.78 is 5.92. The van der Waals surface area contributed by atoms with Crippen molar-refractivity contribution in [2.75, 3.05) is 11.9 Å². The molecule has 0 aliphatic heterocycles. The van der Waals surface area contributed by atoms with Gasteiger partial charge in [0.25, 0.3) is 5.91 Å². The molecule has 0 aliphatic rings. The number of unbranched alkanes of at least 4 members (excludes halogenated alkanes) is 9. The van der Waals surface area contributed by atoms with Gasteiger partial charge in [-0.25, -0.2) is 4.79 Å². The minimum Gasteiger partial charge on any atom is -0.493 e. The van der Waals surface area contributed by atoms with Crippen molar-refractivity contribution in [1.82, 2.24) is 0 Å². The molecule has 2 rings (SSSR count). The van der Waals surface area contributed by atoms with Crippen molar-refractivity contribution in [3.05, 3.63) is 59.2 Å². The van der Waals surface area contributed by atoms with Crippen LogP contribution in [0.25, 0.3) is 0 Å². The highest BCUT2D eigenvalue weighted by molar-refractivity contribution is 6.04. The van der Waals surface area contributed by atoms with Crippen molar-refractivity contribution < 1.29 is 19.4 Å². The molecule has 0 unspecified atom stereocenters. The minimum atomic E-state index is -1.01. The maximum atomic E-state index is 12.4. The van der Waals surface area contributed by atoms with Gasteiger partial charge in [-0.15, -0.1) is 0 Å². The highest BCUT2D eigenvalue weighted by Crippen LogP contribution is 2.23. The van der Waals surface area contributed by atoms with Gasteiger partial charge in [0.2, 0.25) is 0 Å². The third-order valence-electron chi connectivity index (χ3n) is 5.58. The smallest absolute Gasteiger partial charge is 0.335 e. The van der Waals surface area contributed by atoms with E-state index in [2.05, 4.69) is 12.2 Å². The number of carboxylic acids is 1. The average Bonchev–Trinajstić information content (AvgIpc) is 2.78. The zero-order valence-corrected chi connectivity index (χ0v) is 19.5. The summed E-state index contributed by atoms with van der Waals surface area (Å²) >= 11 is 0. The second-order valence-electron chi connectivity index (χ2n) is 8.35. The lowest BCUT2D eigenvalue weighted by Gasteiger charge is -2.12. The van der Waals surface area contributed by atoms with Gasteiger partial charge in [-0.1, -0.05) is 64.7 Å². The molecule has 0 aliphatic carbocycles. The van der Waals surface area contributed by atoms with Crippen LogP contribution in [-0.2, 0) is 0 Å². The summed E-state index contributed by atoms with van der Waals surface area (Å²) in [5.74, 6) is -0.453. The molecule has 0 saturated carbocycles. The number of nitrogens with one attached hydrogen (secondary N) is 1. The van der Waals surface area contributed by atoms with E-state index in [0.717, 1.165) is 17.7 Å². The predicted molar refractivity (Wildman–Crippen MR) is 130 cm³/mol. The number of hydrogen-bond donors (Lipinski definition) is 2. The maximum Gasteiger partial charge on any atom is 0.335 e. The highest BCUT2D eigenvalue weighted by atomic mass is 16.5. The zero-order chi connectivity index (χ0) is 23.2. The molecule has 1 amide bonds. The molecule has 5 nitrogen and oxygen atoms in total. The Balaban J connectivity index is 1.67. The highest BCUT2D eigenvalue weighted by Gasteiger charge is 2.09. The molecule has 0 radical (unpaired) electrons. The van der Waals surface area contributed by atoms with Crippen LogP contribution in [0.15, 0.2) is 42.5 Å². The molecule has 2 N–H and O–H groups in total. The van der Waals surface area contributed by atoms with Crippen molar-refractivity contribution in [2.45, 2.75) is 78.1 Å². The van der Waals surface area contributed by atoms with E-state index < -0.39 is 5.97 Å². The second kappa shape index (κ2) is 14.3. The van der Waals surface area contributed by atoms with Crippen molar-refractivity contribution in [3.8, 4) is 5.75 Å². The molecular formula is C27H37NO4. The van der Waals surface area contributed by atoms with E-state index >= 15 is 0 Å². The Kier molecular flexibility index (Phi) is 11.4. The first kappa shape index (κ1) is 25.4. The number of benzene rings is 2. The fourth-order valence-corrected chi connectivity index (χ4v) is 3.63. The molecule has 0 aromatic heterocycles. The molecule has 174 valence electrons. The lowest BCUT2D eigenvalue weighted by Crippen LogP contribution is -2.12. The SMILES string of the molecule is CCCCCCCCCCCCOc1ccc(NC(=O)c2ccc(C(=O)O)cc2)cc1C. The van der Waals surface area contributed by atoms with Gasteiger partial charge in [-0.2, -0.15) is 0 Å². The monoisotopic (exact) mass is 439 g/mol. The summed E-state index contributed by atoms with van der Waals surface area (Å²) in [5, 5.41) is 11.8. The van der Waals surface area contributed by atoms with Crippen LogP contribution in [0, 0.1) is 6.92 Å². The van der Waals surface area contributed by atoms with Crippen molar-refractivity contribution in [1.29, 1.82) is 0 Å². The van der Waals surface area contributed by atoms with E-state index in [-0.39, 0.29) is 11.5 Å². The van der Waals surface area contributed by atoms with Crippen LogP contribution < -0.4 is 10.1 Å². The number of carbonyl (C=O) groups excluding carboxylic acids is 1. The zero-order valence-electron chi connectivity index (χ0n) is 19.5. The van der Waals surface area contributed by atoms with Gasteiger partial charge in [0.15, 0.2) is 0 Å². The summed E-state index contributed by atoms with van der Waals surface area (Å²) in [6.45, 7) is 4.92. The largest absolute Gasteiger partial charge is 0.493 e. The van der Waals surface area contributed by atoms with Gasteiger partial charge in [0.1, 0.15) is 5.75 Å². The average molecular weight is 440 g/mol. The van der Waals surface area contributed by atoms with Gasteiger partial charge >= 0.3 is 5.97 Å². The van der Waals surface area contributed by atoms with Gasteiger partial charge in [0, 0.05) is 11.3 Å². The number of anilines is 1. The fraction of sp³-hybridized carbons (Fsp3) is 0.481. The van der Waals surface area contributed by atoms with Crippen molar-refractivity contribution >= 4 is 17.6 Å². The van der Waals surface area contributed by atoms with Gasteiger partial charge < -0.3 is 15.2 Å². The molecular weight excluding hydrogens is 402 g/mol. The van der Waals surface area contributed by atoms with E-state index in [0.29, 0.717) is 17.9 Å². The molecule has 32 heavy (non-hydrogen) atoms. The number of carbonyl (C=O) groups is 2. The van der Waals surface area contributed by atoms with Crippen LogP contribution in [0.2, 0.25) is 0 Å². The minimum absolute atomic E-state index is 0.154. The molecule has 5 heteroatoms. The van der Waals surface area contributed by atoms with Gasteiger partial charge in [-0.3, -0.25) is 4.79 Å². The molecule has 0 spiro atoms. The normalized spacial score (nSPS) is 10.7. The number of ether oxygens (including phenoxy) is 1. The molecule has 2 aromatic rings. The number of hydrogen-bond acceptors (Lipinski definition) is 3. The Bertz CT molecular complexity index is 845. The Labute approximate surface area is 192 Å². The number of carboxylic acid groups (broad SMARTS) is 1. The summed E-state index contributed by atoms with van der Waals surface area (Å²) in [6.07, 6.45) is 13.0. The maximum absolute atomic E-state index is 12.4. The Morgan fingerprint density at radius 3 is 1.94 bits per heavy atom. The summed E-state index contributed by atoms with van der Waals surface area (Å²) in [5.41, 5.74) is 2.22. The first-order chi connectivity index (χ1) is 15.5. The van der Waals surface area contributed by atoms with Crippen LogP contribution in [0.1, 0.15) is 97.4 Å². The van der Waals surface area contributed by atoms with E-state index in [1.165, 1.54) is 82.1 Å². The predicted octanol–water partition coefficient (Wildman–Crippen LogP) is 7.25. The van der Waals surface area contributed by atoms with Gasteiger partial charge in [0.05, 0.1) is 12.2 Å². The number of aromatic carboxylic acids is 1. The molecule has 0 atom stereocenters. The van der Waals surface area contributed by atoms with E-state index in [9.17, 15) is 9.59 Å². The number of amides is 1. The Morgan fingerprint density at radius 2 is 1.38 bits per heavy atom. The molecule has 0 fully saturated rings. The lowest BCUT2D eigenvalue weighted by molar-refractivity contribution is 0.0696. The first-order valence-electron chi connectivity index (χ1n) is 11.9. The van der Waals surface area contributed by atoms with Crippen LogP contribution >= 0.6 is 0 Å². The summed E-state index contributed by atoms with van der Waals surface area (Å²) in [4.78, 5) is 23.3. The van der Waals surface area contributed by atoms with Crippen molar-refractivity contribution in [3.63, 3.8) is 0 Å². The van der Waals surface area contributed by atoms with Gasteiger partial charge in [-0.05, 0) is 61.4 Å². The topological polar surface area (TPSA) is 75.6 Å². The molecule has 0 bridgehead atoms. The number of aryl methyl sites for hydroxylation is 1.